The molecule has 0 fully saturated rings. The predicted molar refractivity (Wildman–Crippen MR) is 115 cm³/mol. The number of carboxylic acid groups (broad SMARTS) is 1. The van der Waals surface area contributed by atoms with E-state index in [1.165, 1.54) is 0 Å². The monoisotopic (exact) mass is 390 g/mol. The minimum absolute atomic E-state index is 0.283. The third-order valence-corrected chi connectivity index (χ3v) is 5.85. The summed E-state index contributed by atoms with van der Waals surface area (Å²) in [6, 6.07) is 19.4. The van der Waals surface area contributed by atoms with Gasteiger partial charge in [-0.2, -0.15) is 0 Å². The summed E-state index contributed by atoms with van der Waals surface area (Å²) in [6.45, 7) is 0. The number of fused-ring (bicyclic) bond motifs is 2. The highest BCUT2D eigenvalue weighted by Gasteiger charge is 2.11. The topological polar surface area (TPSA) is 56.4 Å². The van der Waals surface area contributed by atoms with Gasteiger partial charge in [0.25, 0.3) is 0 Å². The first-order chi connectivity index (χ1) is 13.4. The quantitative estimate of drug-likeness (QED) is 0.426. The van der Waals surface area contributed by atoms with Crippen LogP contribution >= 0.6 is 11.3 Å². The van der Waals surface area contributed by atoms with Crippen molar-refractivity contribution in [2.45, 2.75) is 0 Å². The van der Waals surface area contributed by atoms with E-state index < -0.39 is 5.97 Å². The van der Waals surface area contributed by atoms with Crippen molar-refractivity contribution in [1.82, 2.24) is 9.56 Å². The van der Waals surface area contributed by atoms with Gasteiger partial charge in [0.05, 0.1) is 26.4 Å². The lowest BCUT2D eigenvalue weighted by atomic mass is 10.2. The zero-order chi connectivity index (χ0) is 19.8. The molecule has 0 aromatic heterocycles. The Morgan fingerprint density at radius 1 is 1.00 bits per heavy atom. The van der Waals surface area contributed by atoms with Crippen LogP contribution in [0.4, 0.5) is 11.4 Å². The highest BCUT2D eigenvalue weighted by molar-refractivity contribution is 7.21. The fourth-order valence-electron chi connectivity index (χ4n) is 3.07. The molecule has 4 rings (SSSR count). The van der Waals surface area contributed by atoms with Gasteiger partial charge in [-0.05, 0) is 48.5 Å². The van der Waals surface area contributed by atoms with Crippen LogP contribution in [0.2, 0.25) is 0 Å². The third-order valence-electron chi connectivity index (χ3n) is 4.75. The van der Waals surface area contributed by atoms with E-state index in [9.17, 15) is 4.79 Å². The molecule has 0 radical (unpaired) electrons. The Bertz CT molecular complexity index is 1220. The average molecular weight is 390 g/mol. The Morgan fingerprint density at radius 3 is 2.39 bits per heavy atom. The molecule has 0 unspecified atom stereocenters. The molecule has 2 aliphatic rings. The first-order valence-corrected chi connectivity index (χ1v) is 9.66. The van der Waals surface area contributed by atoms with E-state index in [0.29, 0.717) is 0 Å². The lowest BCUT2D eigenvalue weighted by Crippen LogP contribution is -2.21. The third kappa shape index (κ3) is 3.34. The molecule has 1 heterocycles. The number of benzene rings is 3. The summed E-state index contributed by atoms with van der Waals surface area (Å²) in [4.78, 5) is 19.0. The number of carboxylic acids is 1. The molecule has 1 aliphatic heterocycles. The van der Waals surface area contributed by atoms with Crippen LogP contribution in [0, 0.1) is 0 Å². The van der Waals surface area contributed by atoms with Crippen molar-refractivity contribution in [2.24, 2.45) is 0 Å². The van der Waals surface area contributed by atoms with Crippen LogP contribution < -0.4 is 14.8 Å². The van der Waals surface area contributed by atoms with Gasteiger partial charge in [-0.3, -0.25) is 0 Å². The molecule has 2 aromatic rings. The largest absolute Gasteiger partial charge is 0.478 e. The fraction of sp³-hybridized carbons (Fsp3) is 0.136. The minimum atomic E-state index is -0.920. The normalized spacial score (nSPS) is 11.0. The summed E-state index contributed by atoms with van der Waals surface area (Å²) in [5.74, 6) is -0.920. The van der Waals surface area contributed by atoms with Crippen LogP contribution in [0.15, 0.2) is 60.7 Å². The van der Waals surface area contributed by atoms with Crippen molar-refractivity contribution in [3.63, 3.8) is 0 Å². The number of hydrogen-bond acceptors (Lipinski definition) is 4. The van der Waals surface area contributed by atoms with E-state index >= 15 is 0 Å². The molecule has 5 nitrogen and oxygen atoms in total. The highest BCUT2D eigenvalue weighted by Crippen LogP contribution is 2.33. The molecule has 0 amide bonds. The van der Waals surface area contributed by atoms with E-state index in [1.807, 2.05) is 50.3 Å². The molecule has 1 aliphatic carbocycles. The van der Waals surface area contributed by atoms with Crippen LogP contribution in [0.25, 0.3) is 20.8 Å². The SMILES string of the molecule is CN(c1ccc(C(=O)O)cc1)c1ccc2nc3ccc(=[N+](C)C)cc-3sc2c1. The second-order valence-electron chi connectivity index (χ2n) is 6.82. The van der Waals surface area contributed by atoms with E-state index in [0.717, 1.165) is 37.5 Å². The van der Waals surface area contributed by atoms with Gasteiger partial charge in [-0.25, -0.2) is 14.4 Å². The van der Waals surface area contributed by atoms with E-state index in [2.05, 4.69) is 28.8 Å². The van der Waals surface area contributed by atoms with Gasteiger partial charge in [-0.1, -0.05) is 0 Å². The van der Waals surface area contributed by atoms with Gasteiger partial charge in [0.15, 0.2) is 0 Å². The molecule has 140 valence electrons. The van der Waals surface area contributed by atoms with Crippen LogP contribution in [0.1, 0.15) is 10.4 Å². The number of carbonyl (C=O) groups is 1. The average Bonchev–Trinajstić information content (AvgIpc) is 2.70. The van der Waals surface area contributed by atoms with Crippen LogP contribution in [0.3, 0.4) is 0 Å². The second kappa shape index (κ2) is 7.05. The van der Waals surface area contributed by atoms with Crippen molar-refractivity contribution in [2.75, 3.05) is 26.0 Å². The van der Waals surface area contributed by atoms with Crippen molar-refractivity contribution in [1.29, 1.82) is 0 Å². The van der Waals surface area contributed by atoms with E-state index in [1.54, 1.807) is 23.5 Å². The van der Waals surface area contributed by atoms with E-state index in [4.69, 9.17) is 10.1 Å². The van der Waals surface area contributed by atoms with E-state index in [-0.39, 0.29) is 5.56 Å². The van der Waals surface area contributed by atoms with Crippen molar-refractivity contribution in [3.05, 3.63) is 71.6 Å². The Labute approximate surface area is 166 Å². The van der Waals surface area contributed by atoms with Crippen LogP contribution in [0.5, 0.6) is 0 Å². The summed E-state index contributed by atoms with van der Waals surface area (Å²) >= 11 is 1.72. The van der Waals surface area contributed by atoms with Crippen molar-refractivity contribution in [3.8, 4) is 10.6 Å². The summed E-state index contributed by atoms with van der Waals surface area (Å²) in [5, 5.41) is 10.2. The van der Waals surface area contributed by atoms with Crippen LogP contribution in [-0.4, -0.2) is 37.2 Å². The molecular formula is C22H20N3O2S+. The maximum absolute atomic E-state index is 11.0. The Balaban J connectivity index is 1.77. The van der Waals surface area contributed by atoms with Gasteiger partial charge in [0, 0.05) is 30.6 Å². The molecule has 2 aromatic carbocycles. The predicted octanol–water partition coefficient (Wildman–Crippen LogP) is 3.90. The summed E-state index contributed by atoms with van der Waals surface area (Å²) < 4.78 is 3.19. The highest BCUT2D eigenvalue weighted by atomic mass is 32.1. The van der Waals surface area contributed by atoms with Crippen molar-refractivity contribution < 1.29 is 9.90 Å². The maximum Gasteiger partial charge on any atom is 0.335 e. The standard InChI is InChI=1S/C22H19N3O2S/c1-24(2)16-8-10-18-20(12-16)28-21-13-17(9-11-19(21)23-18)25(3)15-6-4-14(5-7-15)22(26)27/h4-13H,1-3H3/p+1. The van der Waals surface area contributed by atoms with Gasteiger partial charge in [0.2, 0.25) is 5.36 Å². The summed E-state index contributed by atoms with van der Waals surface area (Å²) in [5.41, 5.74) is 4.20. The minimum Gasteiger partial charge on any atom is -0.478 e. The maximum atomic E-state index is 11.0. The Morgan fingerprint density at radius 2 is 1.71 bits per heavy atom. The van der Waals surface area contributed by atoms with Crippen LogP contribution in [-0.2, 0) is 0 Å². The summed E-state index contributed by atoms with van der Waals surface area (Å²) in [7, 11) is 6.03. The van der Waals surface area contributed by atoms with Gasteiger partial charge < -0.3 is 10.0 Å². The molecular weight excluding hydrogens is 370 g/mol. The van der Waals surface area contributed by atoms with Crippen molar-refractivity contribution >= 4 is 38.9 Å². The zero-order valence-electron chi connectivity index (χ0n) is 15.9. The first-order valence-electron chi connectivity index (χ1n) is 8.84. The van der Waals surface area contributed by atoms with Gasteiger partial charge in [0.1, 0.15) is 14.1 Å². The molecule has 0 atom stereocenters. The first kappa shape index (κ1) is 18.1. The van der Waals surface area contributed by atoms with Gasteiger partial charge in [-0.15, -0.1) is 11.3 Å². The van der Waals surface area contributed by atoms with Gasteiger partial charge >= 0.3 is 5.97 Å². The molecule has 6 heteroatoms. The molecule has 0 saturated carbocycles. The zero-order valence-corrected chi connectivity index (χ0v) is 16.7. The Hall–Kier alpha value is -3.25. The molecule has 0 spiro atoms. The number of hydrogen-bond donors (Lipinski definition) is 1. The number of nitrogens with zero attached hydrogens (tertiary/aromatic N) is 3. The smallest absolute Gasteiger partial charge is 0.335 e. The molecule has 1 N–H and O–H groups in total. The molecule has 0 saturated heterocycles. The lowest BCUT2D eigenvalue weighted by molar-refractivity contribution is 0.0697. The number of rotatable bonds is 3. The number of anilines is 2. The fourth-order valence-corrected chi connectivity index (χ4v) is 4.10. The Kier molecular flexibility index (Phi) is 4.57. The number of aromatic nitrogens is 1. The second-order valence-corrected chi connectivity index (χ2v) is 7.91. The summed E-state index contributed by atoms with van der Waals surface area (Å²) in [6.07, 6.45) is 0. The molecule has 0 bridgehead atoms. The lowest BCUT2D eigenvalue weighted by Gasteiger charge is -2.20. The number of aromatic carboxylic acids is 1. The molecule has 28 heavy (non-hydrogen) atoms.